The predicted molar refractivity (Wildman–Crippen MR) is 100 cm³/mol. The Morgan fingerprint density at radius 3 is 2.65 bits per heavy atom. The minimum Gasteiger partial charge on any atom is -0.484 e. The van der Waals surface area contributed by atoms with Crippen molar-refractivity contribution in [3.8, 4) is 5.75 Å². The Morgan fingerprint density at radius 2 is 1.91 bits per heavy atom. The fourth-order valence-electron chi connectivity index (χ4n) is 1.79. The van der Waals surface area contributed by atoms with Gasteiger partial charge in [0.1, 0.15) is 5.75 Å². The van der Waals surface area contributed by atoms with E-state index >= 15 is 0 Å². The zero-order valence-electron chi connectivity index (χ0n) is 12.4. The van der Waals surface area contributed by atoms with Crippen LogP contribution in [0.15, 0.2) is 53.0 Å². The number of amides is 1. The minimum absolute atomic E-state index is 0.0246. The smallest absolute Gasteiger partial charge is 0.257 e. The van der Waals surface area contributed by atoms with Gasteiger partial charge in [-0.05, 0) is 35.9 Å². The first-order chi connectivity index (χ1) is 11.1. The van der Waals surface area contributed by atoms with Crippen LogP contribution in [0, 0.1) is 0 Å². The van der Waals surface area contributed by atoms with Gasteiger partial charge in [-0.3, -0.25) is 4.79 Å². The molecule has 0 heterocycles. The maximum Gasteiger partial charge on any atom is 0.257 e. The van der Waals surface area contributed by atoms with Gasteiger partial charge >= 0.3 is 0 Å². The van der Waals surface area contributed by atoms with E-state index < -0.39 is 0 Å². The van der Waals surface area contributed by atoms with Gasteiger partial charge in [0.2, 0.25) is 0 Å². The summed E-state index contributed by atoms with van der Waals surface area (Å²) >= 11 is 11.2. The number of rotatable bonds is 8. The van der Waals surface area contributed by atoms with Crippen LogP contribution in [0.1, 0.15) is 5.56 Å². The van der Waals surface area contributed by atoms with Crippen LogP contribution in [0.3, 0.4) is 0 Å². The Bertz CT molecular complexity index is 637. The third-order valence-electron chi connectivity index (χ3n) is 2.97. The van der Waals surface area contributed by atoms with E-state index in [2.05, 4.69) is 21.2 Å². The highest BCUT2D eigenvalue weighted by Crippen LogP contribution is 2.20. The molecule has 0 fully saturated rings. The Hall–Kier alpha value is -1.17. The van der Waals surface area contributed by atoms with Crippen LogP contribution in [0.5, 0.6) is 5.75 Å². The molecular formula is C17H17BrClNO2S. The van der Waals surface area contributed by atoms with Crippen molar-refractivity contribution in [3.05, 3.63) is 63.6 Å². The van der Waals surface area contributed by atoms with Gasteiger partial charge in [-0.2, -0.15) is 11.8 Å². The number of thioether (sulfide) groups is 1. The molecule has 0 bridgehead atoms. The Labute approximate surface area is 153 Å². The fourth-order valence-corrected chi connectivity index (χ4v) is 3.20. The highest BCUT2D eigenvalue weighted by atomic mass is 79.9. The second-order valence-corrected chi connectivity index (χ2v) is 7.16. The zero-order valence-corrected chi connectivity index (χ0v) is 15.6. The molecule has 0 aromatic heterocycles. The monoisotopic (exact) mass is 413 g/mol. The molecule has 0 unspecified atom stereocenters. The van der Waals surface area contributed by atoms with E-state index in [0.29, 0.717) is 12.3 Å². The first kappa shape index (κ1) is 18.2. The molecule has 0 saturated carbocycles. The number of carbonyl (C=O) groups excluding carboxylic acids is 1. The summed E-state index contributed by atoms with van der Waals surface area (Å²) in [5.74, 6) is 2.22. The molecule has 3 nitrogen and oxygen atoms in total. The van der Waals surface area contributed by atoms with Crippen LogP contribution in [-0.2, 0) is 10.5 Å². The second-order valence-electron chi connectivity index (χ2n) is 4.74. The number of hydrogen-bond donors (Lipinski definition) is 1. The zero-order chi connectivity index (χ0) is 16.5. The van der Waals surface area contributed by atoms with Crippen molar-refractivity contribution in [2.75, 3.05) is 18.9 Å². The molecular weight excluding hydrogens is 398 g/mol. The summed E-state index contributed by atoms with van der Waals surface area (Å²) in [6.07, 6.45) is 0. The molecule has 122 valence electrons. The van der Waals surface area contributed by atoms with Crippen LogP contribution in [0.2, 0.25) is 5.02 Å². The van der Waals surface area contributed by atoms with E-state index in [1.165, 1.54) is 0 Å². The molecule has 0 spiro atoms. The lowest BCUT2D eigenvalue weighted by Crippen LogP contribution is -2.30. The third-order valence-corrected chi connectivity index (χ3v) is 4.87. The quantitative estimate of drug-likeness (QED) is 0.645. The molecule has 0 aliphatic carbocycles. The Morgan fingerprint density at radius 1 is 1.17 bits per heavy atom. The van der Waals surface area contributed by atoms with Crippen molar-refractivity contribution in [1.29, 1.82) is 0 Å². The fraction of sp³-hybridized carbons (Fsp3) is 0.235. The lowest BCUT2D eigenvalue weighted by molar-refractivity contribution is -0.122. The Balaban J connectivity index is 1.58. The van der Waals surface area contributed by atoms with Gasteiger partial charge in [-0.15, -0.1) is 0 Å². The van der Waals surface area contributed by atoms with E-state index in [0.717, 1.165) is 26.6 Å². The SMILES string of the molecule is O=C(COc1ccc(Br)cc1)NCCSCc1ccccc1Cl. The van der Waals surface area contributed by atoms with Gasteiger partial charge in [0.05, 0.1) is 0 Å². The third kappa shape index (κ3) is 6.85. The van der Waals surface area contributed by atoms with Gasteiger partial charge in [0.25, 0.3) is 5.91 Å². The number of ether oxygens (including phenoxy) is 1. The molecule has 0 saturated heterocycles. The molecule has 6 heteroatoms. The second kappa shape index (κ2) is 9.85. The first-order valence-electron chi connectivity index (χ1n) is 7.11. The summed E-state index contributed by atoms with van der Waals surface area (Å²) in [6.45, 7) is 0.633. The molecule has 0 radical (unpaired) electrons. The number of carbonyl (C=O) groups is 1. The Kier molecular flexibility index (Phi) is 7.79. The van der Waals surface area contributed by atoms with Crippen LogP contribution in [0.4, 0.5) is 0 Å². The van der Waals surface area contributed by atoms with Crippen molar-refractivity contribution in [2.24, 2.45) is 0 Å². The van der Waals surface area contributed by atoms with E-state index in [1.54, 1.807) is 11.8 Å². The lowest BCUT2D eigenvalue weighted by atomic mass is 10.2. The van der Waals surface area contributed by atoms with Gasteiger partial charge in [0, 0.05) is 27.5 Å². The van der Waals surface area contributed by atoms with E-state index in [9.17, 15) is 4.79 Å². The van der Waals surface area contributed by atoms with Crippen molar-refractivity contribution in [2.45, 2.75) is 5.75 Å². The summed E-state index contributed by atoms with van der Waals surface area (Å²) in [4.78, 5) is 11.7. The minimum atomic E-state index is -0.119. The molecule has 2 rings (SSSR count). The van der Waals surface area contributed by atoms with E-state index in [4.69, 9.17) is 16.3 Å². The number of nitrogens with one attached hydrogen (secondary N) is 1. The lowest BCUT2D eigenvalue weighted by Gasteiger charge is -2.08. The van der Waals surface area contributed by atoms with Gasteiger partial charge in [-0.1, -0.05) is 45.7 Å². The van der Waals surface area contributed by atoms with Gasteiger partial charge in [-0.25, -0.2) is 0 Å². The van der Waals surface area contributed by atoms with Crippen LogP contribution in [0.25, 0.3) is 0 Å². The first-order valence-corrected chi connectivity index (χ1v) is 9.44. The van der Waals surface area contributed by atoms with Crippen LogP contribution in [-0.4, -0.2) is 24.8 Å². The van der Waals surface area contributed by atoms with E-state index in [1.807, 2.05) is 48.5 Å². The number of benzene rings is 2. The van der Waals surface area contributed by atoms with Crippen LogP contribution >= 0.6 is 39.3 Å². The molecule has 0 aliphatic heterocycles. The van der Waals surface area contributed by atoms with Crippen LogP contribution < -0.4 is 10.1 Å². The molecule has 1 N–H and O–H groups in total. The molecule has 23 heavy (non-hydrogen) atoms. The largest absolute Gasteiger partial charge is 0.484 e. The van der Waals surface area contributed by atoms with Crippen molar-refractivity contribution in [1.82, 2.24) is 5.32 Å². The van der Waals surface area contributed by atoms with Crippen molar-refractivity contribution >= 4 is 45.2 Å². The highest BCUT2D eigenvalue weighted by molar-refractivity contribution is 9.10. The number of halogens is 2. The molecule has 2 aromatic carbocycles. The normalized spacial score (nSPS) is 10.3. The van der Waals surface area contributed by atoms with E-state index in [-0.39, 0.29) is 12.5 Å². The summed E-state index contributed by atoms with van der Waals surface area (Å²) in [5, 5.41) is 3.62. The number of hydrogen-bond acceptors (Lipinski definition) is 3. The maximum atomic E-state index is 11.7. The molecule has 0 atom stereocenters. The molecule has 2 aromatic rings. The molecule has 0 aliphatic rings. The maximum absolute atomic E-state index is 11.7. The highest BCUT2D eigenvalue weighted by Gasteiger charge is 2.03. The summed E-state index contributed by atoms with van der Waals surface area (Å²) in [7, 11) is 0. The summed E-state index contributed by atoms with van der Waals surface area (Å²) < 4.78 is 6.38. The van der Waals surface area contributed by atoms with Gasteiger partial charge in [0.15, 0.2) is 6.61 Å². The van der Waals surface area contributed by atoms with Crippen molar-refractivity contribution < 1.29 is 9.53 Å². The predicted octanol–water partition coefficient (Wildman–Crippen LogP) is 4.53. The van der Waals surface area contributed by atoms with Gasteiger partial charge < -0.3 is 10.1 Å². The standard InChI is InChI=1S/C17H17BrClNO2S/c18-14-5-7-15(8-6-14)22-11-17(21)20-9-10-23-12-13-3-1-2-4-16(13)19/h1-8H,9-12H2,(H,20,21). The average molecular weight is 415 g/mol. The average Bonchev–Trinajstić information content (AvgIpc) is 2.55. The summed E-state index contributed by atoms with van der Waals surface area (Å²) in [5.41, 5.74) is 1.11. The molecule has 1 amide bonds. The summed E-state index contributed by atoms with van der Waals surface area (Å²) in [6, 6.07) is 15.2. The topological polar surface area (TPSA) is 38.3 Å². The van der Waals surface area contributed by atoms with Crippen molar-refractivity contribution in [3.63, 3.8) is 0 Å².